The summed E-state index contributed by atoms with van der Waals surface area (Å²) >= 11 is 2.00. The Bertz CT molecular complexity index is 357. The van der Waals surface area contributed by atoms with E-state index in [0.29, 0.717) is 5.92 Å². The van der Waals surface area contributed by atoms with E-state index in [0.717, 1.165) is 25.1 Å². The standard InChI is InChI=1S/C11H16N2OS/c14-10-3-1-2-9-6-12-11(13(9)10)8-4-5-15-7-8/h6,8,10,14H,1-5,7H2. The van der Waals surface area contributed by atoms with Crippen LogP contribution in [0.3, 0.4) is 0 Å². The maximum Gasteiger partial charge on any atom is 0.132 e. The molecule has 0 aromatic carbocycles. The average molecular weight is 224 g/mol. The van der Waals surface area contributed by atoms with Gasteiger partial charge in [-0.1, -0.05) is 0 Å². The second kappa shape index (κ2) is 3.83. The summed E-state index contributed by atoms with van der Waals surface area (Å²) in [5.41, 5.74) is 1.22. The quantitative estimate of drug-likeness (QED) is 0.792. The zero-order valence-electron chi connectivity index (χ0n) is 8.72. The van der Waals surface area contributed by atoms with Gasteiger partial charge in [0.15, 0.2) is 0 Å². The van der Waals surface area contributed by atoms with Gasteiger partial charge in [0.05, 0.1) is 0 Å². The number of fused-ring (bicyclic) bond motifs is 1. The van der Waals surface area contributed by atoms with Gasteiger partial charge in [-0.2, -0.15) is 11.8 Å². The zero-order chi connectivity index (χ0) is 10.3. The highest BCUT2D eigenvalue weighted by molar-refractivity contribution is 7.99. The molecule has 0 radical (unpaired) electrons. The smallest absolute Gasteiger partial charge is 0.132 e. The van der Waals surface area contributed by atoms with Crippen LogP contribution in [0.1, 0.15) is 42.9 Å². The summed E-state index contributed by atoms with van der Waals surface area (Å²) in [6.45, 7) is 0. The van der Waals surface area contributed by atoms with E-state index in [9.17, 15) is 5.11 Å². The van der Waals surface area contributed by atoms with Crippen LogP contribution in [0.2, 0.25) is 0 Å². The average Bonchev–Trinajstić information content (AvgIpc) is 2.85. The third-order valence-corrected chi connectivity index (χ3v) is 4.55. The highest BCUT2D eigenvalue weighted by Crippen LogP contribution is 2.35. The van der Waals surface area contributed by atoms with Crippen molar-refractivity contribution in [1.82, 2.24) is 9.55 Å². The molecule has 15 heavy (non-hydrogen) atoms. The van der Waals surface area contributed by atoms with Crippen molar-refractivity contribution in [3.8, 4) is 0 Å². The van der Waals surface area contributed by atoms with E-state index >= 15 is 0 Å². The predicted molar refractivity (Wildman–Crippen MR) is 61.1 cm³/mol. The van der Waals surface area contributed by atoms with Gasteiger partial charge in [0.1, 0.15) is 12.1 Å². The first-order chi connectivity index (χ1) is 7.36. The topological polar surface area (TPSA) is 38.1 Å². The Kier molecular flexibility index (Phi) is 2.48. The fraction of sp³-hybridized carbons (Fsp3) is 0.727. The summed E-state index contributed by atoms with van der Waals surface area (Å²) in [4.78, 5) is 4.52. The molecule has 2 aliphatic heterocycles. The minimum atomic E-state index is -0.322. The summed E-state index contributed by atoms with van der Waals surface area (Å²) in [5, 5.41) is 10.0. The molecule has 3 rings (SSSR count). The number of aromatic nitrogens is 2. The Morgan fingerprint density at radius 3 is 3.20 bits per heavy atom. The molecule has 1 aromatic rings. The molecule has 1 saturated heterocycles. The lowest BCUT2D eigenvalue weighted by molar-refractivity contribution is 0.0749. The first-order valence-electron chi connectivity index (χ1n) is 5.68. The van der Waals surface area contributed by atoms with Crippen LogP contribution in [0, 0.1) is 0 Å². The number of nitrogens with zero attached hydrogens (tertiary/aromatic N) is 2. The van der Waals surface area contributed by atoms with E-state index in [2.05, 4.69) is 9.55 Å². The summed E-state index contributed by atoms with van der Waals surface area (Å²) in [6.07, 6.45) is 5.90. The fourth-order valence-electron chi connectivity index (χ4n) is 2.58. The Labute approximate surface area is 93.9 Å². The van der Waals surface area contributed by atoms with E-state index in [1.165, 1.54) is 23.6 Å². The van der Waals surface area contributed by atoms with E-state index in [1.807, 2.05) is 18.0 Å². The highest BCUT2D eigenvalue weighted by atomic mass is 32.2. The third-order valence-electron chi connectivity index (χ3n) is 3.39. The molecule has 1 aromatic heterocycles. The number of aliphatic hydroxyl groups excluding tert-OH is 1. The molecule has 1 N–H and O–H groups in total. The molecule has 2 aliphatic rings. The number of imidazole rings is 1. The zero-order valence-corrected chi connectivity index (χ0v) is 9.54. The lowest BCUT2D eigenvalue weighted by Crippen LogP contribution is -2.20. The van der Waals surface area contributed by atoms with Gasteiger partial charge in [0, 0.05) is 23.6 Å². The number of hydrogen-bond donors (Lipinski definition) is 1. The normalized spacial score (nSPS) is 30.5. The van der Waals surface area contributed by atoms with Crippen LogP contribution in [0.4, 0.5) is 0 Å². The maximum absolute atomic E-state index is 10.0. The molecule has 4 heteroatoms. The van der Waals surface area contributed by atoms with Gasteiger partial charge in [0.2, 0.25) is 0 Å². The van der Waals surface area contributed by atoms with Gasteiger partial charge in [-0.25, -0.2) is 4.98 Å². The Balaban J connectivity index is 1.97. The van der Waals surface area contributed by atoms with Crippen LogP contribution in [0.5, 0.6) is 0 Å². The Hall–Kier alpha value is -0.480. The van der Waals surface area contributed by atoms with Crippen molar-refractivity contribution in [2.45, 2.75) is 37.8 Å². The highest BCUT2D eigenvalue weighted by Gasteiger charge is 2.27. The molecule has 2 atom stereocenters. The van der Waals surface area contributed by atoms with E-state index < -0.39 is 0 Å². The van der Waals surface area contributed by atoms with Crippen molar-refractivity contribution in [3.63, 3.8) is 0 Å². The number of aliphatic hydroxyl groups is 1. The minimum absolute atomic E-state index is 0.322. The predicted octanol–water partition coefficient (Wildman–Crippen LogP) is 1.93. The molecule has 82 valence electrons. The van der Waals surface area contributed by atoms with Crippen LogP contribution in [-0.2, 0) is 6.42 Å². The maximum atomic E-state index is 10.0. The largest absolute Gasteiger partial charge is 0.373 e. The number of thioether (sulfide) groups is 1. The number of rotatable bonds is 1. The molecule has 2 unspecified atom stereocenters. The molecule has 3 heterocycles. The van der Waals surface area contributed by atoms with Crippen LogP contribution in [0.15, 0.2) is 6.20 Å². The van der Waals surface area contributed by atoms with Crippen molar-refractivity contribution in [3.05, 3.63) is 17.7 Å². The minimum Gasteiger partial charge on any atom is -0.373 e. The van der Waals surface area contributed by atoms with Crippen molar-refractivity contribution >= 4 is 11.8 Å². The molecule has 0 aliphatic carbocycles. The van der Waals surface area contributed by atoms with Gasteiger partial charge in [-0.3, -0.25) is 0 Å². The molecular weight excluding hydrogens is 208 g/mol. The van der Waals surface area contributed by atoms with Crippen LogP contribution < -0.4 is 0 Å². The van der Waals surface area contributed by atoms with E-state index in [1.54, 1.807) is 0 Å². The molecule has 0 bridgehead atoms. The van der Waals surface area contributed by atoms with Crippen LogP contribution >= 0.6 is 11.8 Å². The third kappa shape index (κ3) is 1.60. The van der Waals surface area contributed by atoms with Crippen molar-refractivity contribution in [1.29, 1.82) is 0 Å². The van der Waals surface area contributed by atoms with Gasteiger partial charge in [0.25, 0.3) is 0 Å². The Morgan fingerprint density at radius 2 is 2.40 bits per heavy atom. The molecule has 0 saturated carbocycles. The molecular formula is C11H16N2OS. The molecule has 3 nitrogen and oxygen atoms in total. The van der Waals surface area contributed by atoms with Crippen molar-refractivity contribution < 1.29 is 5.11 Å². The second-order valence-electron chi connectivity index (χ2n) is 4.41. The first kappa shape index (κ1) is 9.73. The Morgan fingerprint density at radius 1 is 1.47 bits per heavy atom. The van der Waals surface area contributed by atoms with Crippen molar-refractivity contribution in [2.24, 2.45) is 0 Å². The summed E-state index contributed by atoms with van der Waals surface area (Å²) in [7, 11) is 0. The summed E-state index contributed by atoms with van der Waals surface area (Å²) in [6, 6.07) is 0. The van der Waals surface area contributed by atoms with Gasteiger partial charge >= 0.3 is 0 Å². The molecule has 0 amide bonds. The van der Waals surface area contributed by atoms with E-state index in [4.69, 9.17) is 0 Å². The number of aryl methyl sites for hydroxylation is 1. The lowest BCUT2D eigenvalue weighted by Gasteiger charge is -2.24. The summed E-state index contributed by atoms with van der Waals surface area (Å²) < 4.78 is 2.08. The van der Waals surface area contributed by atoms with Crippen LogP contribution in [0.25, 0.3) is 0 Å². The van der Waals surface area contributed by atoms with Gasteiger partial charge in [-0.05, 0) is 31.4 Å². The SMILES string of the molecule is OC1CCCc2cnc(C3CCSC3)n21. The van der Waals surface area contributed by atoms with Crippen LogP contribution in [-0.4, -0.2) is 26.2 Å². The van der Waals surface area contributed by atoms with Gasteiger partial charge in [-0.15, -0.1) is 0 Å². The summed E-state index contributed by atoms with van der Waals surface area (Å²) in [5.74, 6) is 4.10. The molecule has 1 fully saturated rings. The first-order valence-corrected chi connectivity index (χ1v) is 6.83. The van der Waals surface area contributed by atoms with E-state index in [-0.39, 0.29) is 6.23 Å². The van der Waals surface area contributed by atoms with Crippen molar-refractivity contribution in [2.75, 3.05) is 11.5 Å². The lowest BCUT2D eigenvalue weighted by atomic mass is 10.1. The second-order valence-corrected chi connectivity index (χ2v) is 5.56. The number of hydrogen-bond acceptors (Lipinski definition) is 3. The fourth-order valence-corrected chi connectivity index (χ4v) is 3.79. The molecule has 0 spiro atoms. The monoisotopic (exact) mass is 224 g/mol. The van der Waals surface area contributed by atoms with Gasteiger partial charge < -0.3 is 9.67 Å².